The average molecular weight is 278 g/mol. The zero-order valence-electron chi connectivity index (χ0n) is 11.5. The number of likely N-dealkylation sites (tertiary alicyclic amines) is 1. The van der Waals surface area contributed by atoms with Gasteiger partial charge in [-0.25, -0.2) is 0 Å². The zero-order chi connectivity index (χ0) is 13.5. The molecular weight excluding hydrogens is 256 g/mol. The summed E-state index contributed by atoms with van der Waals surface area (Å²) < 4.78 is 0. The number of nitrogens with one attached hydrogen (secondary N) is 1. The van der Waals surface area contributed by atoms with Gasteiger partial charge in [0.2, 0.25) is 5.91 Å². The third-order valence-electron chi connectivity index (χ3n) is 3.35. The van der Waals surface area contributed by atoms with Crippen LogP contribution in [0.3, 0.4) is 0 Å². The van der Waals surface area contributed by atoms with Crippen LogP contribution in [0.5, 0.6) is 0 Å². The molecule has 0 aliphatic carbocycles. The van der Waals surface area contributed by atoms with Crippen molar-refractivity contribution in [2.75, 3.05) is 25.4 Å². The maximum Gasteiger partial charge on any atom is 0.239 e. The van der Waals surface area contributed by atoms with Gasteiger partial charge < -0.3 is 10.2 Å². The van der Waals surface area contributed by atoms with Gasteiger partial charge in [0.1, 0.15) is 0 Å². The number of carbonyl (C=O) groups excluding carboxylic acids is 1. The third kappa shape index (κ3) is 4.55. The molecular formula is C15H22N2OS. The Hall–Kier alpha value is -1.00. The largest absolute Gasteiger partial charge is 0.341 e. The van der Waals surface area contributed by atoms with Crippen LogP contribution >= 0.6 is 11.8 Å². The predicted molar refractivity (Wildman–Crippen MR) is 80.4 cm³/mol. The van der Waals surface area contributed by atoms with Crippen molar-refractivity contribution in [3.63, 3.8) is 0 Å². The fraction of sp³-hybridized carbons (Fsp3) is 0.533. The van der Waals surface area contributed by atoms with Gasteiger partial charge in [-0.05, 0) is 31.9 Å². The number of thioether (sulfide) groups is 1. The second-order valence-corrected chi connectivity index (χ2v) is 6.04. The van der Waals surface area contributed by atoms with E-state index in [9.17, 15) is 4.79 Å². The maximum atomic E-state index is 12.1. The van der Waals surface area contributed by atoms with Gasteiger partial charge in [-0.3, -0.25) is 4.79 Å². The van der Waals surface area contributed by atoms with Gasteiger partial charge in [-0.1, -0.05) is 18.2 Å². The highest BCUT2D eigenvalue weighted by atomic mass is 32.2. The summed E-state index contributed by atoms with van der Waals surface area (Å²) in [6, 6.07) is 10.3. The number of rotatable bonds is 6. The average Bonchev–Trinajstić information content (AvgIpc) is 2.98. The molecule has 1 N–H and O–H groups in total. The number of amides is 1. The molecule has 19 heavy (non-hydrogen) atoms. The van der Waals surface area contributed by atoms with Crippen molar-refractivity contribution in [1.29, 1.82) is 0 Å². The number of nitrogens with zero attached hydrogens (tertiary/aromatic N) is 1. The Morgan fingerprint density at radius 3 is 2.68 bits per heavy atom. The fourth-order valence-electron chi connectivity index (χ4n) is 2.26. The first kappa shape index (κ1) is 14.4. The van der Waals surface area contributed by atoms with Crippen molar-refractivity contribution in [2.24, 2.45) is 0 Å². The smallest absolute Gasteiger partial charge is 0.239 e. The first-order valence-electron chi connectivity index (χ1n) is 6.97. The summed E-state index contributed by atoms with van der Waals surface area (Å²) in [7, 11) is 0. The molecule has 0 saturated carbocycles. The molecule has 0 aromatic heterocycles. The lowest BCUT2D eigenvalue weighted by Gasteiger charge is -2.21. The Kier molecular flexibility index (Phi) is 5.73. The van der Waals surface area contributed by atoms with E-state index in [1.165, 1.54) is 4.90 Å². The summed E-state index contributed by atoms with van der Waals surface area (Å²) in [4.78, 5) is 15.3. The highest BCUT2D eigenvalue weighted by molar-refractivity contribution is 7.99. The van der Waals surface area contributed by atoms with Gasteiger partial charge in [-0.15, -0.1) is 11.8 Å². The van der Waals surface area contributed by atoms with Gasteiger partial charge in [-0.2, -0.15) is 0 Å². The first-order chi connectivity index (χ1) is 9.27. The molecule has 2 rings (SSSR count). The summed E-state index contributed by atoms with van der Waals surface area (Å²) in [5.74, 6) is 1.24. The molecule has 1 heterocycles. The van der Waals surface area contributed by atoms with E-state index in [1.807, 2.05) is 29.7 Å². The molecule has 3 nitrogen and oxygen atoms in total. The fourth-order valence-corrected chi connectivity index (χ4v) is 3.06. The Morgan fingerprint density at radius 2 is 2.00 bits per heavy atom. The van der Waals surface area contributed by atoms with Crippen molar-refractivity contribution < 1.29 is 4.79 Å². The van der Waals surface area contributed by atoms with Gasteiger partial charge in [0.15, 0.2) is 0 Å². The summed E-state index contributed by atoms with van der Waals surface area (Å²) >= 11 is 1.82. The quantitative estimate of drug-likeness (QED) is 0.640. The van der Waals surface area contributed by atoms with E-state index in [2.05, 4.69) is 29.6 Å². The van der Waals surface area contributed by atoms with E-state index in [-0.39, 0.29) is 11.9 Å². The lowest BCUT2D eigenvalue weighted by Crippen LogP contribution is -2.44. The molecule has 0 radical (unpaired) electrons. The molecule has 1 unspecified atom stereocenters. The van der Waals surface area contributed by atoms with Crippen molar-refractivity contribution in [1.82, 2.24) is 10.2 Å². The lowest BCUT2D eigenvalue weighted by molar-refractivity contribution is -0.131. The van der Waals surface area contributed by atoms with E-state index < -0.39 is 0 Å². The van der Waals surface area contributed by atoms with Crippen LogP contribution in [-0.4, -0.2) is 42.2 Å². The highest BCUT2D eigenvalue weighted by Crippen LogP contribution is 2.16. The van der Waals surface area contributed by atoms with Crippen LogP contribution in [0.4, 0.5) is 0 Å². The summed E-state index contributed by atoms with van der Waals surface area (Å²) in [5.41, 5.74) is 0. The Labute approximate surface area is 119 Å². The SMILES string of the molecule is CC(NCCSc1ccccc1)C(=O)N1CCCC1. The molecule has 1 saturated heterocycles. The van der Waals surface area contributed by atoms with Gasteiger partial charge in [0.25, 0.3) is 0 Å². The minimum atomic E-state index is -0.0607. The molecule has 1 aromatic carbocycles. The number of hydrogen-bond donors (Lipinski definition) is 1. The Balaban J connectivity index is 1.63. The number of hydrogen-bond acceptors (Lipinski definition) is 3. The van der Waals surface area contributed by atoms with E-state index in [1.54, 1.807) is 0 Å². The number of benzene rings is 1. The highest BCUT2D eigenvalue weighted by Gasteiger charge is 2.22. The van der Waals surface area contributed by atoms with Crippen molar-refractivity contribution >= 4 is 17.7 Å². The molecule has 1 atom stereocenters. The van der Waals surface area contributed by atoms with E-state index in [0.29, 0.717) is 0 Å². The second kappa shape index (κ2) is 7.56. The summed E-state index contributed by atoms with van der Waals surface area (Å²) in [5, 5.41) is 3.32. The monoisotopic (exact) mass is 278 g/mol. The van der Waals surface area contributed by atoms with Gasteiger partial charge in [0, 0.05) is 30.3 Å². The molecule has 1 aromatic rings. The van der Waals surface area contributed by atoms with Crippen LogP contribution in [0, 0.1) is 0 Å². The zero-order valence-corrected chi connectivity index (χ0v) is 12.3. The normalized spacial score (nSPS) is 16.6. The first-order valence-corrected chi connectivity index (χ1v) is 7.96. The minimum Gasteiger partial charge on any atom is -0.341 e. The van der Waals surface area contributed by atoms with Crippen molar-refractivity contribution in [3.8, 4) is 0 Å². The second-order valence-electron chi connectivity index (χ2n) is 4.87. The molecule has 1 aliphatic rings. The van der Waals surface area contributed by atoms with E-state index >= 15 is 0 Å². The van der Waals surface area contributed by atoms with Crippen LogP contribution in [0.25, 0.3) is 0 Å². The molecule has 1 fully saturated rings. The van der Waals surface area contributed by atoms with Crippen LogP contribution in [0.15, 0.2) is 35.2 Å². The van der Waals surface area contributed by atoms with Gasteiger partial charge >= 0.3 is 0 Å². The Bertz CT molecular complexity index is 390. The summed E-state index contributed by atoms with van der Waals surface area (Å²) in [6.45, 7) is 4.70. The minimum absolute atomic E-state index is 0.0607. The Morgan fingerprint density at radius 1 is 1.32 bits per heavy atom. The van der Waals surface area contributed by atoms with Crippen LogP contribution in [0.1, 0.15) is 19.8 Å². The predicted octanol–water partition coefficient (Wildman–Crippen LogP) is 2.38. The molecule has 1 aliphatic heterocycles. The van der Waals surface area contributed by atoms with Gasteiger partial charge in [0.05, 0.1) is 6.04 Å². The summed E-state index contributed by atoms with van der Waals surface area (Å²) in [6.07, 6.45) is 2.31. The molecule has 0 spiro atoms. The molecule has 1 amide bonds. The van der Waals surface area contributed by atoms with E-state index in [0.717, 1.165) is 38.2 Å². The molecule has 104 valence electrons. The van der Waals surface area contributed by atoms with E-state index in [4.69, 9.17) is 0 Å². The number of carbonyl (C=O) groups is 1. The van der Waals surface area contributed by atoms with Crippen LogP contribution in [0.2, 0.25) is 0 Å². The van der Waals surface area contributed by atoms with Crippen molar-refractivity contribution in [3.05, 3.63) is 30.3 Å². The molecule has 0 bridgehead atoms. The van der Waals surface area contributed by atoms with Crippen molar-refractivity contribution in [2.45, 2.75) is 30.7 Å². The molecule has 4 heteroatoms. The maximum absolute atomic E-state index is 12.1. The topological polar surface area (TPSA) is 32.3 Å². The van der Waals surface area contributed by atoms with Crippen LogP contribution < -0.4 is 5.32 Å². The lowest BCUT2D eigenvalue weighted by atomic mass is 10.3. The third-order valence-corrected chi connectivity index (χ3v) is 4.37. The standard InChI is InChI=1S/C15H22N2OS/c1-13(15(18)17-10-5-6-11-17)16-9-12-19-14-7-3-2-4-8-14/h2-4,7-8,13,16H,5-6,9-12H2,1H3. The van der Waals surface area contributed by atoms with Crippen LogP contribution in [-0.2, 0) is 4.79 Å².